The van der Waals surface area contributed by atoms with Gasteiger partial charge in [-0.25, -0.2) is 0 Å². The maximum Gasteiger partial charge on any atom is 0.251 e. The molecule has 5 nitrogen and oxygen atoms in total. The van der Waals surface area contributed by atoms with Crippen molar-refractivity contribution < 1.29 is 14.0 Å². The highest BCUT2D eigenvalue weighted by Crippen LogP contribution is 2.27. The number of hydrogen-bond acceptors (Lipinski definition) is 3. The summed E-state index contributed by atoms with van der Waals surface area (Å²) in [6.07, 6.45) is 3.95. The number of rotatable bonds is 5. The van der Waals surface area contributed by atoms with E-state index in [2.05, 4.69) is 10.6 Å². The molecule has 27 heavy (non-hydrogen) atoms. The summed E-state index contributed by atoms with van der Waals surface area (Å²) >= 11 is 0. The maximum absolute atomic E-state index is 12.5. The molecule has 138 valence electrons. The number of aryl methyl sites for hydroxylation is 2. The number of benzene rings is 2. The van der Waals surface area contributed by atoms with Gasteiger partial charge in [0.2, 0.25) is 5.91 Å². The maximum atomic E-state index is 12.5. The van der Waals surface area contributed by atoms with Gasteiger partial charge in [0.05, 0.1) is 12.7 Å². The lowest BCUT2D eigenvalue weighted by atomic mass is 10.0. The largest absolute Gasteiger partial charge is 0.464 e. The predicted molar refractivity (Wildman–Crippen MR) is 105 cm³/mol. The quantitative estimate of drug-likeness (QED) is 0.717. The molecule has 1 fully saturated rings. The second kappa shape index (κ2) is 6.91. The highest BCUT2D eigenvalue weighted by atomic mass is 16.3. The Hall–Kier alpha value is -3.08. The lowest BCUT2D eigenvalue weighted by Crippen LogP contribution is -2.25. The van der Waals surface area contributed by atoms with E-state index in [9.17, 15) is 9.59 Å². The van der Waals surface area contributed by atoms with Crippen LogP contribution in [0, 0.1) is 13.8 Å². The third-order valence-corrected chi connectivity index (χ3v) is 5.01. The molecule has 0 aliphatic heterocycles. The van der Waals surface area contributed by atoms with Gasteiger partial charge >= 0.3 is 0 Å². The van der Waals surface area contributed by atoms with Crippen LogP contribution in [0.15, 0.2) is 47.1 Å². The molecule has 2 aromatic carbocycles. The Morgan fingerprint density at radius 3 is 2.74 bits per heavy atom. The van der Waals surface area contributed by atoms with E-state index in [1.54, 1.807) is 30.5 Å². The zero-order chi connectivity index (χ0) is 19.0. The van der Waals surface area contributed by atoms with Gasteiger partial charge in [-0.3, -0.25) is 9.59 Å². The van der Waals surface area contributed by atoms with E-state index in [4.69, 9.17) is 4.42 Å². The highest BCUT2D eigenvalue weighted by molar-refractivity contribution is 5.99. The van der Waals surface area contributed by atoms with Crippen molar-refractivity contribution in [2.24, 2.45) is 0 Å². The van der Waals surface area contributed by atoms with Gasteiger partial charge in [-0.1, -0.05) is 18.2 Å². The third-order valence-electron chi connectivity index (χ3n) is 5.01. The molecule has 0 saturated heterocycles. The molecule has 1 aromatic heterocycles. The fourth-order valence-corrected chi connectivity index (χ4v) is 3.14. The van der Waals surface area contributed by atoms with Crippen molar-refractivity contribution in [1.29, 1.82) is 0 Å². The van der Waals surface area contributed by atoms with Crippen molar-refractivity contribution in [2.75, 3.05) is 5.32 Å². The van der Waals surface area contributed by atoms with E-state index < -0.39 is 0 Å². The van der Waals surface area contributed by atoms with Crippen LogP contribution in [0.3, 0.4) is 0 Å². The number of carbonyl (C=O) groups excluding carboxylic acids is 2. The molecule has 3 aromatic rings. The molecule has 5 heteroatoms. The summed E-state index contributed by atoms with van der Waals surface area (Å²) in [6, 6.07) is 11.4. The minimum Gasteiger partial charge on any atom is -0.464 e. The Bertz CT molecular complexity index is 1030. The average molecular weight is 362 g/mol. The first-order chi connectivity index (χ1) is 13.0. The molecule has 0 unspecified atom stereocenters. The van der Waals surface area contributed by atoms with E-state index in [0.717, 1.165) is 40.5 Å². The summed E-state index contributed by atoms with van der Waals surface area (Å²) < 4.78 is 5.67. The molecule has 2 N–H and O–H groups in total. The number of fused-ring (bicyclic) bond motifs is 1. The second-order valence-corrected chi connectivity index (χ2v) is 7.20. The Balaban J connectivity index is 1.47. The normalized spacial score (nSPS) is 13.6. The zero-order valence-corrected chi connectivity index (χ0v) is 15.5. The predicted octanol–water partition coefficient (Wildman–Crippen LogP) is 4.12. The van der Waals surface area contributed by atoms with Gasteiger partial charge in [0, 0.05) is 28.2 Å². The van der Waals surface area contributed by atoms with Gasteiger partial charge in [-0.05, 0) is 56.0 Å². The van der Waals surface area contributed by atoms with Gasteiger partial charge in [0.25, 0.3) is 5.91 Å². The third kappa shape index (κ3) is 3.72. The number of anilines is 1. The summed E-state index contributed by atoms with van der Waals surface area (Å²) in [5.74, 6) is -0.240. The van der Waals surface area contributed by atoms with Crippen molar-refractivity contribution in [1.82, 2.24) is 5.32 Å². The molecule has 1 aliphatic carbocycles. The van der Waals surface area contributed by atoms with E-state index in [1.165, 1.54) is 0 Å². The molecule has 2 amide bonds. The lowest BCUT2D eigenvalue weighted by Gasteiger charge is -2.08. The molecule has 0 atom stereocenters. The van der Waals surface area contributed by atoms with Gasteiger partial charge in [0.15, 0.2) is 0 Å². The SMILES string of the molecule is Cc1ccc2c(CC(=O)Nc3cccc(C(=O)NC4CC4)c3)coc2c1C. The summed E-state index contributed by atoms with van der Waals surface area (Å²) in [6.45, 7) is 4.05. The van der Waals surface area contributed by atoms with Crippen molar-refractivity contribution in [3.05, 3.63) is 64.9 Å². The first-order valence-corrected chi connectivity index (χ1v) is 9.18. The van der Waals surface area contributed by atoms with E-state index >= 15 is 0 Å². The number of carbonyl (C=O) groups is 2. The van der Waals surface area contributed by atoms with Gasteiger partial charge in [-0.15, -0.1) is 0 Å². The Labute approximate surface area is 157 Å². The zero-order valence-electron chi connectivity index (χ0n) is 15.5. The Morgan fingerprint density at radius 2 is 1.96 bits per heavy atom. The molecule has 1 aliphatic rings. The minimum absolute atomic E-state index is 0.0970. The molecule has 4 rings (SSSR count). The molecule has 0 spiro atoms. The van der Waals surface area contributed by atoms with Crippen LogP contribution in [-0.4, -0.2) is 17.9 Å². The Kier molecular flexibility index (Phi) is 4.44. The highest BCUT2D eigenvalue weighted by Gasteiger charge is 2.23. The number of furan rings is 1. The smallest absolute Gasteiger partial charge is 0.251 e. The molecule has 1 saturated carbocycles. The summed E-state index contributed by atoms with van der Waals surface area (Å²) in [5, 5.41) is 6.79. The van der Waals surface area contributed by atoms with Crippen molar-refractivity contribution >= 4 is 28.5 Å². The Morgan fingerprint density at radius 1 is 1.15 bits per heavy atom. The number of hydrogen-bond donors (Lipinski definition) is 2. The van der Waals surface area contributed by atoms with Crippen LogP contribution >= 0.6 is 0 Å². The van der Waals surface area contributed by atoms with Gasteiger partial charge in [0.1, 0.15) is 5.58 Å². The van der Waals surface area contributed by atoms with E-state index in [1.807, 2.05) is 26.0 Å². The number of nitrogens with one attached hydrogen (secondary N) is 2. The van der Waals surface area contributed by atoms with Crippen LogP contribution in [0.4, 0.5) is 5.69 Å². The van der Waals surface area contributed by atoms with E-state index in [0.29, 0.717) is 17.3 Å². The monoisotopic (exact) mass is 362 g/mol. The fraction of sp³-hybridized carbons (Fsp3) is 0.273. The molecule has 1 heterocycles. The first kappa shape index (κ1) is 17.3. The number of amides is 2. The lowest BCUT2D eigenvalue weighted by molar-refractivity contribution is -0.115. The van der Waals surface area contributed by atoms with Crippen LogP contribution in [0.1, 0.15) is 39.9 Å². The molecular weight excluding hydrogens is 340 g/mol. The van der Waals surface area contributed by atoms with Crippen LogP contribution in [0.25, 0.3) is 11.0 Å². The fourth-order valence-electron chi connectivity index (χ4n) is 3.14. The standard InChI is InChI=1S/C22H22N2O3/c1-13-6-9-19-16(12-27-21(19)14(13)2)11-20(25)23-18-5-3-4-15(10-18)22(26)24-17-7-8-17/h3-6,9-10,12,17H,7-8,11H2,1-2H3,(H,23,25)(H,24,26). The van der Waals surface area contributed by atoms with Gasteiger partial charge in [-0.2, -0.15) is 0 Å². The first-order valence-electron chi connectivity index (χ1n) is 9.18. The summed E-state index contributed by atoms with van der Waals surface area (Å²) in [7, 11) is 0. The minimum atomic E-state index is -0.143. The van der Waals surface area contributed by atoms with Crippen LogP contribution in [0.5, 0.6) is 0 Å². The topological polar surface area (TPSA) is 71.3 Å². The average Bonchev–Trinajstić information content (AvgIpc) is 3.37. The van der Waals surface area contributed by atoms with Crippen LogP contribution < -0.4 is 10.6 Å². The van der Waals surface area contributed by atoms with Crippen molar-refractivity contribution in [3.8, 4) is 0 Å². The van der Waals surface area contributed by atoms with Crippen molar-refractivity contribution in [3.63, 3.8) is 0 Å². The van der Waals surface area contributed by atoms with Crippen LogP contribution in [0.2, 0.25) is 0 Å². The summed E-state index contributed by atoms with van der Waals surface area (Å²) in [5.41, 5.74) is 5.11. The molecule has 0 radical (unpaired) electrons. The van der Waals surface area contributed by atoms with E-state index in [-0.39, 0.29) is 18.2 Å². The van der Waals surface area contributed by atoms with Crippen molar-refractivity contribution in [2.45, 2.75) is 39.2 Å². The molecular formula is C22H22N2O3. The summed E-state index contributed by atoms with van der Waals surface area (Å²) in [4.78, 5) is 24.6. The van der Waals surface area contributed by atoms with Crippen LogP contribution in [-0.2, 0) is 11.2 Å². The second-order valence-electron chi connectivity index (χ2n) is 7.20. The van der Waals surface area contributed by atoms with Gasteiger partial charge < -0.3 is 15.1 Å². The molecule has 0 bridgehead atoms.